The van der Waals surface area contributed by atoms with Gasteiger partial charge in [-0.1, -0.05) is 18.5 Å². The van der Waals surface area contributed by atoms with Crippen LogP contribution in [0.4, 0.5) is 0 Å². The van der Waals surface area contributed by atoms with Crippen LogP contribution in [0.2, 0.25) is 5.15 Å². The molecule has 0 aliphatic heterocycles. The van der Waals surface area contributed by atoms with E-state index in [4.69, 9.17) is 11.6 Å². The smallest absolute Gasteiger partial charge is 0.157 e. The van der Waals surface area contributed by atoms with Gasteiger partial charge in [0.2, 0.25) is 0 Å². The Morgan fingerprint density at radius 2 is 2.23 bits per heavy atom. The van der Waals surface area contributed by atoms with Crippen molar-refractivity contribution in [1.82, 2.24) is 14.6 Å². The number of hydrogen-bond acceptors (Lipinski definition) is 2. The van der Waals surface area contributed by atoms with Crippen molar-refractivity contribution < 1.29 is 0 Å². The van der Waals surface area contributed by atoms with E-state index in [0.29, 0.717) is 5.15 Å². The summed E-state index contributed by atoms with van der Waals surface area (Å²) in [7, 11) is 0. The summed E-state index contributed by atoms with van der Waals surface area (Å²) in [6, 6.07) is 3.77. The van der Waals surface area contributed by atoms with Gasteiger partial charge >= 0.3 is 0 Å². The van der Waals surface area contributed by atoms with Gasteiger partial charge < -0.3 is 0 Å². The van der Waals surface area contributed by atoms with Gasteiger partial charge in [0.05, 0.1) is 5.69 Å². The molecule has 0 saturated carbocycles. The molecular formula is C9H10ClN3. The molecule has 0 spiro atoms. The van der Waals surface area contributed by atoms with Crippen molar-refractivity contribution in [2.45, 2.75) is 20.3 Å². The molecule has 68 valence electrons. The van der Waals surface area contributed by atoms with Gasteiger partial charge in [-0.2, -0.15) is 5.10 Å². The highest BCUT2D eigenvalue weighted by atomic mass is 35.5. The fourth-order valence-corrected chi connectivity index (χ4v) is 1.53. The zero-order valence-electron chi connectivity index (χ0n) is 7.58. The quantitative estimate of drug-likeness (QED) is 0.654. The first-order chi connectivity index (χ1) is 6.20. The lowest BCUT2D eigenvalue weighted by atomic mass is 10.3. The topological polar surface area (TPSA) is 30.2 Å². The molecule has 0 aromatic carbocycles. The molecule has 3 nitrogen and oxygen atoms in total. The van der Waals surface area contributed by atoms with Gasteiger partial charge in [-0.3, -0.25) is 0 Å². The Balaban J connectivity index is 2.75. The third-order valence-corrected chi connectivity index (χ3v) is 2.19. The van der Waals surface area contributed by atoms with Gasteiger partial charge in [0.15, 0.2) is 5.65 Å². The molecule has 0 unspecified atom stereocenters. The lowest BCUT2D eigenvalue weighted by Crippen LogP contribution is -1.95. The normalized spacial score (nSPS) is 11.0. The van der Waals surface area contributed by atoms with E-state index in [9.17, 15) is 0 Å². The number of fused-ring (bicyclic) bond motifs is 1. The van der Waals surface area contributed by atoms with Crippen LogP contribution in [0.3, 0.4) is 0 Å². The van der Waals surface area contributed by atoms with E-state index < -0.39 is 0 Å². The Morgan fingerprint density at radius 1 is 1.46 bits per heavy atom. The van der Waals surface area contributed by atoms with E-state index >= 15 is 0 Å². The summed E-state index contributed by atoms with van der Waals surface area (Å²) in [5.41, 5.74) is 2.75. The van der Waals surface area contributed by atoms with Gasteiger partial charge in [-0.05, 0) is 19.4 Å². The SMILES string of the molecule is CCc1cc(Cl)n2nc(C)cc2n1. The van der Waals surface area contributed by atoms with Crippen LogP contribution < -0.4 is 0 Å². The van der Waals surface area contributed by atoms with E-state index in [0.717, 1.165) is 23.5 Å². The van der Waals surface area contributed by atoms with Gasteiger partial charge in [0.1, 0.15) is 5.15 Å². The summed E-state index contributed by atoms with van der Waals surface area (Å²) in [5, 5.41) is 4.83. The van der Waals surface area contributed by atoms with Crippen LogP contribution in [0.5, 0.6) is 0 Å². The van der Waals surface area contributed by atoms with Crippen molar-refractivity contribution >= 4 is 17.2 Å². The van der Waals surface area contributed by atoms with E-state index in [-0.39, 0.29) is 0 Å². The third kappa shape index (κ3) is 1.40. The van der Waals surface area contributed by atoms with Gasteiger partial charge in [-0.15, -0.1) is 0 Å². The number of aryl methyl sites for hydroxylation is 2. The Bertz CT molecular complexity index is 447. The van der Waals surface area contributed by atoms with Gasteiger partial charge in [-0.25, -0.2) is 9.50 Å². The van der Waals surface area contributed by atoms with Crippen molar-refractivity contribution in [3.63, 3.8) is 0 Å². The molecule has 0 aliphatic rings. The second-order valence-electron chi connectivity index (χ2n) is 2.98. The molecule has 0 bridgehead atoms. The fraction of sp³-hybridized carbons (Fsp3) is 0.333. The molecule has 0 radical (unpaired) electrons. The molecule has 0 aliphatic carbocycles. The Kier molecular flexibility index (Phi) is 1.96. The molecule has 4 heteroatoms. The number of rotatable bonds is 1. The first-order valence-electron chi connectivity index (χ1n) is 4.22. The van der Waals surface area contributed by atoms with Crippen LogP contribution >= 0.6 is 11.6 Å². The number of nitrogens with zero attached hydrogens (tertiary/aromatic N) is 3. The summed E-state index contributed by atoms with van der Waals surface area (Å²) in [5.74, 6) is 0. The molecule has 0 fully saturated rings. The largest absolute Gasteiger partial charge is 0.233 e. The van der Waals surface area contributed by atoms with Crippen LogP contribution in [0.25, 0.3) is 5.65 Å². The predicted octanol–water partition coefficient (Wildman–Crippen LogP) is 2.25. The average molecular weight is 196 g/mol. The lowest BCUT2D eigenvalue weighted by Gasteiger charge is -1.99. The number of aromatic nitrogens is 3. The highest BCUT2D eigenvalue weighted by Crippen LogP contribution is 2.13. The highest BCUT2D eigenvalue weighted by Gasteiger charge is 2.04. The summed E-state index contributed by atoms with van der Waals surface area (Å²) in [4.78, 5) is 4.39. The zero-order valence-corrected chi connectivity index (χ0v) is 8.34. The van der Waals surface area contributed by atoms with Crippen molar-refractivity contribution in [2.75, 3.05) is 0 Å². The lowest BCUT2D eigenvalue weighted by molar-refractivity contribution is 0.897. The Morgan fingerprint density at radius 3 is 2.92 bits per heavy atom. The Labute approximate surface area is 81.4 Å². The summed E-state index contributed by atoms with van der Waals surface area (Å²) < 4.78 is 1.65. The van der Waals surface area contributed by atoms with Crippen molar-refractivity contribution in [2.24, 2.45) is 0 Å². The molecule has 2 aromatic heterocycles. The predicted molar refractivity (Wildman–Crippen MR) is 52.1 cm³/mol. The standard InChI is InChI=1S/C9H10ClN3/c1-3-7-5-8(10)13-9(11-7)4-6(2)12-13/h4-5H,3H2,1-2H3. The summed E-state index contributed by atoms with van der Waals surface area (Å²) in [6.45, 7) is 3.98. The highest BCUT2D eigenvalue weighted by molar-refractivity contribution is 6.29. The fourth-order valence-electron chi connectivity index (χ4n) is 1.28. The van der Waals surface area contributed by atoms with Crippen LogP contribution in [0.1, 0.15) is 18.3 Å². The van der Waals surface area contributed by atoms with Crippen LogP contribution in [0.15, 0.2) is 12.1 Å². The number of hydrogen-bond donors (Lipinski definition) is 0. The van der Waals surface area contributed by atoms with Crippen molar-refractivity contribution in [3.05, 3.63) is 28.7 Å². The molecule has 13 heavy (non-hydrogen) atoms. The van der Waals surface area contributed by atoms with E-state index in [2.05, 4.69) is 17.0 Å². The third-order valence-electron chi connectivity index (χ3n) is 1.92. The zero-order chi connectivity index (χ0) is 9.42. The van der Waals surface area contributed by atoms with E-state index in [1.807, 2.05) is 19.1 Å². The van der Waals surface area contributed by atoms with Gasteiger partial charge in [0, 0.05) is 11.8 Å². The summed E-state index contributed by atoms with van der Waals surface area (Å²) in [6.07, 6.45) is 0.889. The second kappa shape index (κ2) is 3.00. The molecule has 0 saturated heterocycles. The first kappa shape index (κ1) is 8.51. The maximum atomic E-state index is 6.01. The molecular weight excluding hydrogens is 186 g/mol. The van der Waals surface area contributed by atoms with Crippen LogP contribution in [-0.4, -0.2) is 14.6 Å². The molecule has 0 amide bonds. The Hall–Kier alpha value is -1.09. The molecule has 2 rings (SSSR count). The number of halogens is 1. The molecule has 2 aromatic rings. The molecule has 2 heterocycles. The van der Waals surface area contributed by atoms with Crippen LogP contribution in [0, 0.1) is 6.92 Å². The molecule has 0 atom stereocenters. The second-order valence-corrected chi connectivity index (χ2v) is 3.37. The summed E-state index contributed by atoms with van der Waals surface area (Å²) >= 11 is 6.01. The minimum atomic E-state index is 0.620. The van der Waals surface area contributed by atoms with Crippen molar-refractivity contribution in [3.8, 4) is 0 Å². The maximum absolute atomic E-state index is 6.01. The van der Waals surface area contributed by atoms with Crippen LogP contribution in [-0.2, 0) is 6.42 Å². The minimum absolute atomic E-state index is 0.620. The monoisotopic (exact) mass is 195 g/mol. The first-order valence-corrected chi connectivity index (χ1v) is 4.60. The van der Waals surface area contributed by atoms with Crippen molar-refractivity contribution in [1.29, 1.82) is 0 Å². The van der Waals surface area contributed by atoms with E-state index in [1.54, 1.807) is 4.52 Å². The minimum Gasteiger partial charge on any atom is -0.233 e. The average Bonchev–Trinajstić information content (AvgIpc) is 2.46. The van der Waals surface area contributed by atoms with Gasteiger partial charge in [0.25, 0.3) is 0 Å². The van der Waals surface area contributed by atoms with E-state index in [1.165, 1.54) is 0 Å². The molecule has 0 N–H and O–H groups in total. The maximum Gasteiger partial charge on any atom is 0.157 e.